The number of hydrogen-bond donors (Lipinski definition) is 1. The van der Waals surface area contributed by atoms with Gasteiger partial charge in [-0.3, -0.25) is 10.1 Å². The second-order valence-electron chi connectivity index (χ2n) is 7.30. The summed E-state index contributed by atoms with van der Waals surface area (Å²) in [6.45, 7) is 0. The van der Waals surface area contributed by atoms with E-state index in [1.165, 1.54) is 37.5 Å². The number of thiazole rings is 1. The van der Waals surface area contributed by atoms with Crippen molar-refractivity contribution in [2.24, 2.45) is 5.92 Å². The highest BCUT2D eigenvalue weighted by atomic mass is 32.2. The molecule has 1 saturated carbocycles. The Morgan fingerprint density at radius 3 is 2.52 bits per heavy atom. The number of allylic oxidation sites excluding steroid dienone is 1. The molecule has 0 saturated heterocycles. The highest BCUT2D eigenvalue weighted by molar-refractivity contribution is 7.90. The number of anilines is 1. The zero-order valence-electron chi connectivity index (χ0n) is 17.3. The second-order valence-corrected chi connectivity index (χ2v) is 10.2. The van der Waals surface area contributed by atoms with Crippen LogP contribution in [0.5, 0.6) is 5.88 Å². The number of nitrogens with zero attached hydrogens (tertiary/aromatic N) is 1. The topological polar surface area (TPSA) is 112 Å². The van der Waals surface area contributed by atoms with Crippen LogP contribution in [0.25, 0.3) is 5.57 Å². The van der Waals surface area contributed by atoms with Crippen molar-refractivity contribution in [2.75, 3.05) is 18.7 Å². The van der Waals surface area contributed by atoms with Crippen molar-refractivity contribution in [1.29, 1.82) is 0 Å². The first-order chi connectivity index (χ1) is 14.8. The van der Waals surface area contributed by atoms with Crippen LogP contribution in [-0.4, -0.2) is 38.8 Å². The van der Waals surface area contributed by atoms with Gasteiger partial charge in [0, 0.05) is 11.8 Å². The molecule has 2 aromatic rings. The molecule has 1 aromatic carbocycles. The van der Waals surface area contributed by atoms with Gasteiger partial charge in [-0.25, -0.2) is 13.2 Å². The summed E-state index contributed by atoms with van der Waals surface area (Å²) in [7, 11) is -2.14. The SMILES string of the molecule is COC(=O)Oc1csc(NC(=O)/C(=C/CC2CCCC2)c2ccc(S(C)(=O)=O)cc2)n1. The van der Waals surface area contributed by atoms with Gasteiger partial charge < -0.3 is 9.47 Å². The molecule has 0 radical (unpaired) electrons. The molecular weight excluding hydrogens is 440 g/mol. The molecule has 166 valence electrons. The average molecular weight is 465 g/mol. The predicted octanol–water partition coefficient (Wildman–Crippen LogP) is 4.29. The third kappa shape index (κ3) is 6.38. The summed E-state index contributed by atoms with van der Waals surface area (Å²) in [6, 6.07) is 6.24. The number of nitrogens with one attached hydrogen (secondary N) is 1. The van der Waals surface area contributed by atoms with Crippen LogP contribution >= 0.6 is 11.3 Å². The van der Waals surface area contributed by atoms with E-state index in [0.29, 0.717) is 17.1 Å². The molecule has 0 unspecified atom stereocenters. The molecular formula is C21H24N2O6S2. The molecule has 1 aliphatic rings. The van der Waals surface area contributed by atoms with Crippen molar-refractivity contribution in [3.05, 3.63) is 41.3 Å². The normalized spacial score (nSPS) is 15.0. The summed E-state index contributed by atoms with van der Waals surface area (Å²) >= 11 is 1.11. The van der Waals surface area contributed by atoms with E-state index in [4.69, 9.17) is 4.74 Å². The average Bonchev–Trinajstić information content (AvgIpc) is 3.40. The molecule has 3 rings (SSSR count). The summed E-state index contributed by atoms with van der Waals surface area (Å²) in [6.07, 6.45) is 7.59. The van der Waals surface area contributed by atoms with Crippen LogP contribution in [0.3, 0.4) is 0 Å². The molecule has 8 nitrogen and oxygen atoms in total. The number of ether oxygens (including phenoxy) is 2. The third-order valence-electron chi connectivity index (χ3n) is 5.03. The Labute approximate surface area is 185 Å². The van der Waals surface area contributed by atoms with Gasteiger partial charge in [0.2, 0.25) is 5.88 Å². The smallest absolute Gasteiger partial charge is 0.437 e. The fourth-order valence-electron chi connectivity index (χ4n) is 3.41. The van der Waals surface area contributed by atoms with E-state index >= 15 is 0 Å². The Morgan fingerprint density at radius 1 is 1.23 bits per heavy atom. The highest BCUT2D eigenvalue weighted by Gasteiger charge is 2.19. The van der Waals surface area contributed by atoms with E-state index in [1.807, 2.05) is 6.08 Å². The number of methoxy groups -OCH3 is 1. The van der Waals surface area contributed by atoms with E-state index in [2.05, 4.69) is 15.0 Å². The Balaban J connectivity index is 1.81. The molecule has 10 heteroatoms. The standard InChI is InChI=1S/C21H24N2O6S2/c1-28-21(25)29-18-13-30-20(22-18)23-19(24)17(12-7-14-5-3-4-6-14)15-8-10-16(11-9-15)31(2,26)27/h8-14H,3-7H2,1-2H3,(H,22,23,24)/b17-12+. The lowest BCUT2D eigenvalue weighted by molar-refractivity contribution is -0.111. The minimum Gasteiger partial charge on any atom is -0.437 e. The minimum atomic E-state index is -3.33. The molecule has 1 N–H and O–H groups in total. The number of benzene rings is 1. The Kier molecular flexibility index (Phi) is 7.45. The van der Waals surface area contributed by atoms with Crippen LogP contribution in [0.2, 0.25) is 0 Å². The first kappa shape index (κ1) is 23.0. The van der Waals surface area contributed by atoms with Crippen molar-refractivity contribution < 1.29 is 27.5 Å². The Bertz CT molecular complexity index is 1070. The summed E-state index contributed by atoms with van der Waals surface area (Å²) in [5, 5.41) is 4.47. The van der Waals surface area contributed by atoms with Gasteiger partial charge in [0.05, 0.1) is 17.4 Å². The summed E-state index contributed by atoms with van der Waals surface area (Å²) in [4.78, 5) is 28.5. The van der Waals surface area contributed by atoms with Gasteiger partial charge in [0.15, 0.2) is 15.0 Å². The van der Waals surface area contributed by atoms with Crippen LogP contribution in [0.4, 0.5) is 9.93 Å². The molecule has 0 bridgehead atoms. The Morgan fingerprint density at radius 2 is 1.90 bits per heavy atom. The van der Waals surface area contributed by atoms with Gasteiger partial charge in [0.25, 0.3) is 5.91 Å². The number of amides is 1. The van der Waals surface area contributed by atoms with Gasteiger partial charge in [-0.1, -0.05) is 43.9 Å². The van der Waals surface area contributed by atoms with E-state index in [0.717, 1.165) is 36.9 Å². The lowest BCUT2D eigenvalue weighted by atomic mass is 9.98. The third-order valence-corrected chi connectivity index (χ3v) is 6.89. The van der Waals surface area contributed by atoms with Gasteiger partial charge in [0.1, 0.15) is 0 Å². The van der Waals surface area contributed by atoms with Crippen molar-refractivity contribution in [3.63, 3.8) is 0 Å². The van der Waals surface area contributed by atoms with Crippen molar-refractivity contribution >= 4 is 43.9 Å². The molecule has 1 amide bonds. The van der Waals surface area contributed by atoms with Gasteiger partial charge in [-0.05, 0) is 30.0 Å². The summed E-state index contributed by atoms with van der Waals surface area (Å²) in [5.74, 6) is 0.197. The lowest BCUT2D eigenvalue weighted by Gasteiger charge is -2.11. The monoisotopic (exact) mass is 464 g/mol. The summed E-state index contributed by atoms with van der Waals surface area (Å²) in [5.41, 5.74) is 1.06. The van der Waals surface area contributed by atoms with Crippen LogP contribution in [-0.2, 0) is 19.4 Å². The van der Waals surface area contributed by atoms with Gasteiger partial charge >= 0.3 is 6.16 Å². The van der Waals surface area contributed by atoms with Crippen molar-refractivity contribution in [1.82, 2.24) is 4.98 Å². The second kappa shape index (κ2) is 10.1. The molecule has 1 aliphatic carbocycles. The minimum absolute atomic E-state index is 0.0288. The van der Waals surface area contributed by atoms with Gasteiger partial charge in [-0.15, -0.1) is 11.3 Å². The number of sulfone groups is 1. The number of aromatic nitrogens is 1. The molecule has 31 heavy (non-hydrogen) atoms. The number of carbonyl (C=O) groups is 2. The summed E-state index contributed by atoms with van der Waals surface area (Å²) < 4.78 is 32.8. The molecule has 0 atom stereocenters. The quantitative estimate of drug-likeness (QED) is 0.480. The number of hydrogen-bond acceptors (Lipinski definition) is 8. The van der Waals surface area contributed by atoms with Crippen molar-refractivity contribution in [3.8, 4) is 5.88 Å². The van der Waals surface area contributed by atoms with Crippen LogP contribution in [0, 0.1) is 5.92 Å². The first-order valence-corrected chi connectivity index (χ1v) is 12.6. The largest absolute Gasteiger partial charge is 0.514 e. The van der Waals surface area contributed by atoms with Gasteiger partial charge in [-0.2, -0.15) is 4.98 Å². The number of carbonyl (C=O) groups excluding carboxylic acids is 2. The molecule has 1 fully saturated rings. The zero-order valence-corrected chi connectivity index (χ0v) is 18.9. The lowest BCUT2D eigenvalue weighted by Crippen LogP contribution is -2.14. The van der Waals surface area contributed by atoms with Crippen LogP contribution in [0.1, 0.15) is 37.7 Å². The first-order valence-electron chi connectivity index (χ1n) is 9.79. The van der Waals surface area contributed by atoms with E-state index < -0.39 is 16.0 Å². The highest BCUT2D eigenvalue weighted by Crippen LogP contribution is 2.30. The zero-order chi connectivity index (χ0) is 22.4. The maximum atomic E-state index is 13.0. The molecule has 0 aliphatic heterocycles. The predicted molar refractivity (Wildman–Crippen MR) is 118 cm³/mol. The maximum Gasteiger partial charge on any atom is 0.514 e. The van der Waals surface area contributed by atoms with Crippen LogP contribution in [0.15, 0.2) is 40.6 Å². The van der Waals surface area contributed by atoms with Crippen LogP contribution < -0.4 is 10.1 Å². The molecule has 1 aromatic heterocycles. The Hall–Kier alpha value is -2.72. The molecule has 1 heterocycles. The van der Waals surface area contributed by atoms with E-state index in [1.54, 1.807) is 12.1 Å². The number of rotatable bonds is 7. The van der Waals surface area contributed by atoms with E-state index in [9.17, 15) is 18.0 Å². The fraction of sp³-hybridized carbons (Fsp3) is 0.381. The molecule has 0 spiro atoms. The fourth-order valence-corrected chi connectivity index (χ4v) is 4.65. The van der Waals surface area contributed by atoms with E-state index in [-0.39, 0.29) is 21.8 Å². The van der Waals surface area contributed by atoms with Crippen molar-refractivity contribution in [2.45, 2.75) is 37.0 Å². The maximum absolute atomic E-state index is 13.0.